The molecule has 0 aromatic carbocycles. The summed E-state index contributed by atoms with van der Waals surface area (Å²) in [7, 11) is 0. The Morgan fingerprint density at radius 1 is 1.50 bits per heavy atom. The Kier molecular flexibility index (Phi) is 4.40. The zero-order valence-electron chi connectivity index (χ0n) is 11.8. The van der Waals surface area contributed by atoms with Crippen molar-refractivity contribution in [2.45, 2.75) is 52.2 Å². The van der Waals surface area contributed by atoms with Crippen molar-refractivity contribution in [3.05, 3.63) is 18.0 Å². The maximum absolute atomic E-state index is 5.90. The Morgan fingerprint density at radius 2 is 2.28 bits per heavy atom. The fourth-order valence-corrected chi connectivity index (χ4v) is 2.73. The molecule has 1 saturated heterocycles. The summed E-state index contributed by atoms with van der Waals surface area (Å²) in [6.07, 6.45) is 6.67. The second-order valence-corrected chi connectivity index (χ2v) is 5.91. The molecule has 0 aliphatic carbocycles. The van der Waals surface area contributed by atoms with Gasteiger partial charge in [0.15, 0.2) is 0 Å². The molecule has 1 aromatic rings. The number of likely N-dealkylation sites (tertiary alicyclic amines) is 1. The molecule has 1 aliphatic heterocycles. The zero-order valence-corrected chi connectivity index (χ0v) is 11.8. The predicted molar refractivity (Wildman–Crippen MR) is 74.3 cm³/mol. The summed E-state index contributed by atoms with van der Waals surface area (Å²) in [6, 6.07) is 0.974. The molecule has 2 atom stereocenters. The minimum absolute atomic E-state index is 0.436. The fraction of sp³-hybridized carbons (Fsp3) is 0.786. The molecule has 2 heterocycles. The lowest BCUT2D eigenvalue weighted by molar-refractivity contribution is 0.115. The Balaban J connectivity index is 1.98. The number of aromatic nitrogens is 2. The normalized spacial score (nSPS) is 25.8. The lowest BCUT2D eigenvalue weighted by atomic mass is 9.92. The molecule has 4 nitrogen and oxygen atoms in total. The number of hydrogen-bond donors (Lipinski definition) is 1. The molecule has 2 N–H and O–H groups in total. The summed E-state index contributed by atoms with van der Waals surface area (Å²) < 4.78 is 2.03. The highest BCUT2D eigenvalue weighted by Crippen LogP contribution is 2.23. The van der Waals surface area contributed by atoms with E-state index in [1.807, 2.05) is 10.9 Å². The number of nitrogens with zero attached hydrogens (tertiary/aromatic N) is 3. The van der Waals surface area contributed by atoms with E-state index in [1.165, 1.54) is 18.4 Å². The Bertz CT molecular complexity index is 372. The van der Waals surface area contributed by atoms with E-state index >= 15 is 0 Å². The second kappa shape index (κ2) is 5.85. The molecule has 0 radical (unpaired) electrons. The first-order valence-corrected chi connectivity index (χ1v) is 7.07. The van der Waals surface area contributed by atoms with E-state index in [0.717, 1.165) is 25.6 Å². The quantitative estimate of drug-likeness (QED) is 0.889. The molecule has 1 aromatic heterocycles. The van der Waals surface area contributed by atoms with Gasteiger partial charge in [-0.2, -0.15) is 5.10 Å². The number of piperidine rings is 1. The SMILES string of the molecule is CC1CCN(Cc2cnn(C(C)C)c2)C(CN)C1. The maximum Gasteiger partial charge on any atom is 0.0534 e. The molecule has 1 fully saturated rings. The molecule has 2 rings (SSSR count). The van der Waals surface area contributed by atoms with Gasteiger partial charge in [0.2, 0.25) is 0 Å². The standard InChI is InChI=1S/C14H26N4/c1-11(2)18-10-13(8-16-18)9-17-5-4-12(3)6-14(17)7-15/h8,10-12,14H,4-7,9,15H2,1-3H3. The van der Waals surface area contributed by atoms with E-state index in [0.29, 0.717) is 12.1 Å². The van der Waals surface area contributed by atoms with Gasteiger partial charge in [-0.15, -0.1) is 0 Å². The third-order valence-corrected chi connectivity index (χ3v) is 3.94. The molecule has 102 valence electrons. The molecule has 0 amide bonds. The average molecular weight is 250 g/mol. The number of nitrogens with two attached hydrogens (primary N) is 1. The molecule has 0 spiro atoms. The summed E-state index contributed by atoms with van der Waals surface area (Å²) in [6.45, 7) is 9.56. The van der Waals surface area contributed by atoms with Crippen molar-refractivity contribution in [3.63, 3.8) is 0 Å². The van der Waals surface area contributed by atoms with Crippen LogP contribution in [0.25, 0.3) is 0 Å². The minimum atomic E-state index is 0.436. The van der Waals surface area contributed by atoms with E-state index in [1.54, 1.807) is 0 Å². The zero-order chi connectivity index (χ0) is 13.1. The van der Waals surface area contributed by atoms with Gasteiger partial charge in [-0.1, -0.05) is 6.92 Å². The highest BCUT2D eigenvalue weighted by Gasteiger charge is 2.25. The van der Waals surface area contributed by atoms with Crippen LogP contribution in [0.3, 0.4) is 0 Å². The van der Waals surface area contributed by atoms with Gasteiger partial charge in [0, 0.05) is 36.9 Å². The predicted octanol–water partition coefficient (Wildman–Crippen LogP) is 2.02. The highest BCUT2D eigenvalue weighted by atomic mass is 15.3. The summed E-state index contributed by atoms with van der Waals surface area (Å²) in [5, 5.41) is 4.41. The largest absolute Gasteiger partial charge is 0.329 e. The van der Waals surface area contributed by atoms with Crippen LogP contribution in [0.15, 0.2) is 12.4 Å². The summed E-state index contributed by atoms with van der Waals surface area (Å²) in [4.78, 5) is 2.52. The third-order valence-electron chi connectivity index (χ3n) is 3.94. The van der Waals surface area contributed by atoms with Gasteiger partial charge in [-0.3, -0.25) is 9.58 Å². The summed E-state index contributed by atoms with van der Waals surface area (Å²) >= 11 is 0. The highest BCUT2D eigenvalue weighted by molar-refractivity contribution is 5.05. The lowest BCUT2D eigenvalue weighted by Crippen LogP contribution is -2.45. The van der Waals surface area contributed by atoms with E-state index in [4.69, 9.17) is 5.73 Å². The van der Waals surface area contributed by atoms with E-state index in [9.17, 15) is 0 Å². The molecule has 0 saturated carbocycles. The van der Waals surface area contributed by atoms with Gasteiger partial charge in [-0.05, 0) is 39.2 Å². The molecule has 18 heavy (non-hydrogen) atoms. The van der Waals surface area contributed by atoms with Crippen LogP contribution >= 0.6 is 0 Å². The lowest BCUT2D eigenvalue weighted by Gasteiger charge is -2.37. The first kappa shape index (κ1) is 13.6. The minimum Gasteiger partial charge on any atom is -0.329 e. The molecule has 0 bridgehead atoms. The average Bonchev–Trinajstić information content (AvgIpc) is 2.80. The van der Waals surface area contributed by atoms with Crippen molar-refractivity contribution in [2.24, 2.45) is 11.7 Å². The Morgan fingerprint density at radius 3 is 2.89 bits per heavy atom. The van der Waals surface area contributed by atoms with Crippen LogP contribution in [-0.4, -0.2) is 33.8 Å². The van der Waals surface area contributed by atoms with Crippen LogP contribution in [0.4, 0.5) is 0 Å². The van der Waals surface area contributed by atoms with Gasteiger partial charge >= 0.3 is 0 Å². The van der Waals surface area contributed by atoms with Crippen molar-refractivity contribution < 1.29 is 0 Å². The van der Waals surface area contributed by atoms with Crippen LogP contribution in [0.5, 0.6) is 0 Å². The molecule has 1 aliphatic rings. The molecule has 2 unspecified atom stereocenters. The van der Waals surface area contributed by atoms with Crippen LogP contribution in [0, 0.1) is 5.92 Å². The van der Waals surface area contributed by atoms with Gasteiger partial charge < -0.3 is 5.73 Å². The van der Waals surface area contributed by atoms with Crippen LogP contribution in [0.1, 0.15) is 45.2 Å². The Hall–Kier alpha value is -0.870. The topological polar surface area (TPSA) is 47.1 Å². The van der Waals surface area contributed by atoms with Crippen LogP contribution in [0.2, 0.25) is 0 Å². The van der Waals surface area contributed by atoms with Gasteiger partial charge in [-0.25, -0.2) is 0 Å². The smallest absolute Gasteiger partial charge is 0.0534 e. The fourth-order valence-electron chi connectivity index (χ4n) is 2.73. The van der Waals surface area contributed by atoms with Gasteiger partial charge in [0.05, 0.1) is 6.20 Å². The first-order valence-electron chi connectivity index (χ1n) is 7.07. The van der Waals surface area contributed by atoms with Gasteiger partial charge in [0.1, 0.15) is 0 Å². The van der Waals surface area contributed by atoms with E-state index in [2.05, 4.69) is 37.0 Å². The Labute approximate surface area is 110 Å². The third kappa shape index (κ3) is 3.12. The molecule has 4 heteroatoms. The molecular formula is C14H26N4. The first-order chi connectivity index (χ1) is 8.60. The second-order valence-electron chi connectivity index (χ2n) is 5.91. The number of rotatable bonds is 4. The van der Waals surface area contributed by atoms with Crippen molar-refractivity contribution in [3.8, 4) is 0 Å². The molecular weight excluding hydrogens is 224 g/mol. The van der Waals surface area contributed by atoms with E-state index < -0.39 is 0 Å². The van der Waals surface area contributed by atoms with Crippen LogP contribution in [-0.2, 0) is 6.54 Å². The van der Waals surface area contributed by atoms with E-state index in [-0.39, 0.29) is 0 Å². The number of hydrogen-bond acceptors (Lipinski definition) is 3. The summed E-state index contributed by atoms with van der Waals surface area (Å²) in [5.41, 5.74) is 7.20. The van der Waals surface area contributed by atoms with Gasteiger partial charge in [0.25, 0.3) is 0 Å². The van der Waals surface area contributed by atoms with Crippen molar-refractivity contribution in [2.75, 3.05) is 13.1 Å². The van der Waals surface area contributed by atoms with Crippen molar-refractivity contribution in [1.82, 2.24) is 14.7 Å². The maximum atomic E-state index is 5.90. The summed E-state index contributed by atoms with van der Waals surface area (Å²) in [5.74, 6) is 0.813. The van der Waals surface area contributed by atoms with Crippen LogP contribution < -0.4 is 5.73 Å². The monoisotopic (exact) mass is 250 g/mol. The van der Waals surface area contributed by atoms with Crippen molar-refractivity contribution >= 4 is 0 Å². The van der Waals surface area contributed by atoms with Crippen molar-refractivity contribution in [1.29, 1.82) is 0 Å².